The van der Waals surface area contributed by atoms with Crippen molar-refractivity contribution in [3.63, 3.8) is 0 Å². The van der Waals surface area contributed by atoms with Crippen LogP contribution in [0, 0.1) is 5.92 Å². The van der Waals surface area contributed by atoms with Crippen LogP contribution in [-0.4, -0.2) is 67.7 Å². The zero-order valence-electron chi connectivity index (χ0n) is 16.5. The molecule has 1 aliphatic carbocycles. The highest BCUT2D eigenvalue weighted by molar-refractivity contribution is 7.18. The number of rotatable bonds is 3. The summed E-state index contributed by atoms with van der Waals surface area (Å²) in [6.45, 7) is 2.65. The summed E-state index contributed by atoms with van der Waals surface area (Å²) in [5.41, 5.74) is 3.20. The zero-order valence-corrected chi connectivity index (χ0v) is 17.3. The number of aromatic nitrogens is 3. The highest BCUT2D eigenvalue weighted by Gasteiger charge is 2.47. The van der Waals surface area contributed by atoms with Crippen molar-refractivity contribution in [1.82, 2.24) is 24.8 Å². The van der Waals surface area contributed by atoms with Crippen LogP contribution in [0.3, 0.4) is 0 Å². The Morgan fingerprint density at radius 2 is 1.97 bits per heavy atom. The van der Waals surface area contributed by atoms with E-state index in [2.05, 4.69) is 33.1 Å². The molecule has 0 spiro atoms. The molecule has 3 aliphatic rings. The minimum atomic E-state index is -0.758. The maximum absolute atomic E-state index is 11.4. The van der Waals surface area contributed by atoms with Crippen molar-refractivity contribution in [2.24, 2.45) is 5.92 Å². The van der Waals surface area contributed by atoms with Gasteiger partial charge in [-0.1, -0.05) is 6.07 Å². The third-order valence-electron chi connectivity index (χ3n) is 7.10. The van der Waals surface area contributed by atoms with Crippen molar-refractivity contribution in [3.05, 3.63) is 41.9 Å². The number of thiazole rings is 1. The monoisotopic (exact) mass is 421 g/mol. The van der Waals surface area contributed by atoms with E-state index in [1.54, 1.807) is 22.6 Å². The fraction of sp³-hybridized carbons (Fsp3) is 0.455. The number of carbonyl (C=O) groups is 1. The van der Waals surface area contributed by atoms with E-state index in [1.807, 2.05) is 12.4 Å². The lowest BCUT2D eigenvalue weighted by molar-refractivity contribution is 0.109. The average molecular weight is 422 g/mol. The van der Waals surface area contributed by atoms with Gasteiger partial charge in [0.05, 0.1) is 21.3 Å². The van der Waals surface area contributed by atoms with E-state index in [0.29, 0.717) is 24.4 Å². The minimum Gasteiger partial charge on any atom is -0.465 e. The van der Waals surface area contributed by atoms with Crippen LogP contribution in [0.2, 0.25) is 0 Å². The predicted molar refractivity (Wildman–Crippen MR) is 115 cm³/mol. The largest absolute Gasteiger partial charge is 0.465 e. The van der Waals surface area contributed by atoms with Crippen LogP contribution in [0.4, 0.5) is 4.79 Å². The lowest BCUT2D eigenvalue weighted by Gasteiger charge is -2.41. The van der Waals surface area contributed by atoms with Crippen molar-refractivity contribution in [2.75, 3.05) is 19.6 Å². The average Bonchev–Trinajstić information content (AvgIpc) is 3.40. The number of nitrogens with zero attached hydrogens (tertiary/aromatic N) is 5. The van der Waals surface area contributed by atoms with Gasteiger partial charge >= 0.3 is 6.09 Å². The first-order valence-corrected chi connectivity index (χ1v) is 11.4. The molecular formula is C22H23N5O2S. The molecule has 3 aromatic rings. The quantitative estimate of drug-likeness (QED) is 0.695. The van der Waals surface area contributed by atoms with Crippen LogP contribution >= 0.6 is 11.3 Å². The molecule has 0 bridgehead atoms. The van der Waals surface area contributed by atoms with Crippen LogP contribution < -0.4 is 0 Å². The number of benzene rings is 1. The molecule has 1 amide bonds. The van der Waals surface area contributed by atoms with E-state index in [1.165, 1.54) is 9.71 Å². The molecule has 2 atom stereocenters. The van der Waals surface area contributed by atoms with Crippen molar-refractivity contribution in [1.29, 1.82) is 0 Å². The van der Waals surface area contributed by atoms with Crippen LogP contribution in [0.25, 0.3) is 21.3 Å². The Kier molecular flexibility index (Phi) is 4.24. The van der Waals surface area contributed by atoms with Gasteiger partial charge in [0.15, 0.2) is 0 Å². The fourth-order valence-corrected chi connectivity index (χ4v) is 6.49. The van der Waals surface area contributed by atoms with Crippen molar-refractivity contribution in [2.45, 2.75) is 37.3 Å². The molecule has 2 aliphatic heterocycles. The molecule has 1 N–H and O–H groups in total. The molecule has 30 heavy (non-hydrogen) atoms. The highest BCUT2D eigenvalue weighted by atomic mass is 32.1. The fourth-order valence-electron chi connectivity index (χ4n) is 5.36. The summed E-state index contributed by atoms with van der Waals surface area (Å²) >= 11 is 1.80. The zero-order chi connectivity index (χ0) is 20.2. The van der Waals surface area contributed by atoms with Crippen LogP contribution in [0.1, 0.15) is 30.2 Å². The Labute approximate surface area is 178 Å². The molecule has 6 rings (SSSR count). The smallest absolute Gasteiger partial charge is 0.407 e. The van der Waals surface area contributed by atoms with Crippen LogP contribution in [0.5, 0.6) is 0 Å². The highest BCUT2D eigenvalue weighted by Crippen LogP contribution is 2.45. The normalized spacial score (nSPS) is 28.6. The minimum absolute atomic E-state index is 0.199. The summed E-state index contributed by atoms with van der Waals surface area (Å²) in [7, 11) is 0. The summed E-state index contributed by atoms with van der Waals surface area (Å²) in [5.74, 6) is 1.04. The Morgan fingerprint density at radius 1 is 1.13 bits per heavy atom. The molecule has 2 aromatic heterocycles. The SMILES string of the molecule is O=C(O)N1CC[C@@H]2CN(C3CC(c4nc5ccc(-c6cncnc6)cc5s4)C3)C[C@@H]21. The lowest BCUT2D eigenvalue weighted by Crippen LogP contribution is -2.45. The first kappa shape index (κ1) is 18.2. The summed E-state index contributed by atoms with van der Waals surface area (Å²) in [6, 6.07) is 7.14. The number of hydrogen-bond donors (Lipinski definition) is 1. The number of amides is 1. The topological polar surface area (TPSA) is 82.5 Å². The summed E-state index contributed by atoms with van der Waals surface area (Å²) < 4.78 is 1.21. The molecule has 3 fully saturated rings. The first-order chi connectivity index (χ1) is 14.7. The Morgan fingerprint density at radius 3 is 2.77 bits per heavy atom. The molecule has 4 heterocycles. The maximum atomic E-state index is 11.4. The van der Waals surface area contributed by atoms with Gasteiger partial charge in [-0.05, 0) is 42.9 Å². The number of likely N-dealkylation sites (tertiary alicyclic amines) is 2. The van der Waals surface area contributed by atoms with Gasteiger partial charge in [-0.25, -0.2) is 19.7 Å². The first-order valence-electron chi connectivity index (χ1n) is 10.5. The maximum Gasteiger partial charge on any atom is 0.407 e. The van der Waals surface area contributed by atoms with E-state index in [0.717, 1.165) is 49.0 Å². The molecule has 1 saturated carbocycles. The van der Waals surface area contributed by atoms with Gasteiger partial charge in [-0.3, -0.25) is 4.90 Å². The van der Waals surface area contributed by atoms with Gasteiger partial charge in [-0.15, -0.1) is 11.3 Å². The molecule has 2 saturated heterocycles. The van der Waals surface area contributed by atoms with Gasteiger partial charge in [-0.2, -0.15) is 0 Å². The molecule has 1 aromatic carbocycles. The Balaban J connectivity index is 1.13. The molecule has 7 nitrogen and oxygen atoms in total. The standard InChI is InChI=1S/C22H23N5O2S/c28-22(29)27-4-3-14-10-26(11-19(14)27)17-5-15(6-17)21-25-18-2-1-13(7-20(18)30-21)16-8-23-12-24-9-16/h1-2,7-9,12,14-15,17,19H,3-6,10-11H2,(H,28,29)/t14-,15?,17?,19+/m1/s1. The van der Waals surface area contributed by atoms with Crippen LogP contribution in [-0.2, 0) is 0 Å². The molecule has 154 valence electrons. The van der Waals surface area contributed by atoms with Gasteiger partial charge in [0.25, 0.3) is 0 Å². The number of fused-ring (bicyclic) bond motifs is 2. The third-order valence-corrected chi connectivity index (χ3v) is 8.28. The Hall–Kier alpha value is -2.58. The molecular weight excluding hydrogens is 398 g/mol. The summed E-state index contributed by atoms with van der Waals surface area (Å²) in [4.78, 5) is 28.8. The van der Waals surface area contributed by atoms with E-state index in [-0.39, 0.29) is 6.04 Å². The van der Waals surface area contributed by atoms with E-state index < -0.39 is 6.09 Å². The van der Waals surface area contributed by atoms with Gasteiger partial charge in [0, 0.05) is 49.6 Å². The second-order valence-corrected chi connectivity index (χ2v) is 9.79. The summed E-state index contributed by atoms with van der Waals surface area (Å²) in [6.07, 6.45) is 7.74. The van der Waals surface area contributed by atoms with E-state index >= 15 is 0 Å². The molecule has 8 heteroatoms. The van der Waals surface area contributed by atoms with Gasteiger partial charge in [0.1, 0.15) is 6.33 Å². The van der Waals surface area contributed by atoms with Gasteiger partial charge < -0.3 is 10.0 Å². The van der Waals surface area contributed by atoms with E-state index in [9.17, 15) is 9.90 Å². The van der Waals surface area contributed by atoms with Crippen molar-refractivity contribution >= 4 is 27.6 Å². The van der Waals surface area contributed by atoms with Crippen molar-refractivity contribution in [3.8, 4) is 11.1 Å². The Bertz CT molecular complexity index is 1100. The second-order valence-electron chi connectivity index (χ2n) is 8.73. The van der Waals surface area contributed by atoms with E-state index in [4.69, 9.17) is 4.98 Å². The lowest BCUT2D eigenvalue weighted by atomic mass is 9.80. The number of hydrogen-bond acceptors (Lipinski definition) is 6. The third kappa shape index (κ3) is 2.97. The molecule has 0 unspecified atom stereocenters. The predicted octanol–water partition coefficient (Wildman–Crippen LogP) is 3.68. The molecule has 0 radical (unpaired) electrons. The van der Waals surface area contributed by atoms with Crippen LogP contribution in [0.15, 0.2) is 36.9 Å². The summed E-state index contributed by atoms with van der Waals surface area (Å²) in [5, 5.41) is 10.6. The number of carboxylic acid groups (broad SMARTS) is 1. The second kappa shape index (κ2) is 6.99. The van der Waals surface area contributed by atoms with Gasteiger partial charge in [0.2, 0.25) is 0 Å². The van der Waals surface area contributed by atoms with Crippen molar-refractivity contribution < 1.29 is 9.90 Å².